The van der Waals surface area contributed by atoms with Crippen LogP contribution in [0.4, 0.5) is 11.6 Å². The lowest BCUT2D eigenvalue weighted by Gasteiger charge is -2.37. The van der Waals surface area contributed by atoms with Crippen LogP contribution in [0.15, 0.2) is 6.33 Å². The summed E-state index contributed by atoms with van der Waals surface area (Å²) in [5, 5.41) is 13.2. The molecule has 0 radical (unpaired) electrons. The van der Waals surface area contributed by atoms with Crippen molar-refractivity contribution in [1.29, 1.82) is 0 Å². The largest absolute Gasteiger partial charge is 0.390 e. The molecule has 2 N–H and O–H groups in total. The first-order valence-electron chi connectivity index (χ1n) is 7.06. The minimum Gasteiger partial charge on any atom is -0.390 e. The summed E-state index contributed by atoms with van der Waals surface area (Å²) in [5.41, 5.74) is 0.661. The highest BCUT2D eigenvalue weighted by atomic mass is 16.3. The second-order valence-electron chi connectivity index (χ2n) is 5.51. The van der Waals surface area contributed by atoms with E-state index in [0.717, 1.165) is 50.4 Å². The number of aromatic nitrogens is 2. The molecule has 1 aliphatic heterocycles. The summed E-state index contributed by atoms with van der Waals surface area (Å²) in [5.74, 6) is 1.95. The number of nitrogens with one attached hydrogen (secondary N) is 1. The van der Waals surface area contributed by atoms with E-state index in [0.29, 0.717) is 0 Å². The summed E-state index contributed by atoms with van der Waals surface area (Å²) in [6, 6.07) is 0. The van der Waals surface area contributed by atoms with E-state index in [-0.39, 0.29) is 0 Å². The molecule has 2 heterocycles. The Morgan fingerprint density at radius 2 is 2.05 bits per heavy atom. The van der Waals surface area contributed by atoms with Crippen LogP contribution in [0, 0.1) is 0 Å². The Labute approximate surface area is 115 Å². The average Bonchev–Trinajstić information content (AvgIpc) is 2.40. The van der Waals surface area contributed by atoms with Crippen molar-refractivity contribution in [2.45, 2.75) is 45.1 Å². The Balaban J connectivity index is 2.24. The van der Waals surface area contributed by atoms with Crippen molar-refractivity contribution < 1.29 is 5.11 Å². The normalized spacial score (nSPS) is 18.4. The van der Waals surface area contributed by atoms with Gasteiger partial charge in [0.05, 0.1) is 5.60 Å². The highest BCUT2D eigenvalue weighted by Gasteiger charge is 2.29. The molecule has 1 aromatic rings. The van der Waals surface area contributed by atoms with Crippen LogP contribution in [0.3, 0.4) is 0 Å². The van der Waals surface area contributed by atoms with Crippen molar-refractivity contribution in [1.82, 2.24) is 9.97 Å². The smallest absolute Gasteiger partial charge is 0.137 e. The van der Waals surface area contributed by atoms with E-state index in [9.17, 15) is 5.11 Å². The fraction of sp³-hybridized carbons (Fsp3) is 0.714. The second kappa shape index (κ2) is 5.74. The molecule has 5 heteroatoms. The first-order chi connectivity index (χ1) is 9.07. The van der Waals surface area contributed by atoms with Crippen molar-refractivity contribution in [3.05, 3.63) is 11.9 Å². The van der Waals surface area contributed by atoms with Gasteiger partial charge in [-0.3, -0.25) is 0 Å². The molecule has 0 aromatic carbocycles. The standard InChI is InChI=1S/C14H24N4O/c1-4-5-11-12(15-3)16-10-17-13(11)18-8-6-14(2,19)7-9-18/h10,19H,4-9H2,1-3H3,(H,15,16,17). The number of hydrogen-bond donors (Lipinski definition) is 2. The molecule has 5 nitrogen and oxygen atoms in total. The van der Waals surface area contributed by atoms with Crippen molar-refractivity contribution in [3.63, 3.8) is 0 Å². The van der Waals surface area contributed by atoms with Crippen LogP contribution in [0.2, 0.25) is 0 Å². The summed E-state index contributed by atoms with van der Waals surface area (Å²) in [6.07, 6.45) is 5.24. The lowest BCUT2D eigenvalue weighted by Crippen LogP contribution is -2.43. The number of hydrogen-bond acceptors (Lipinski definition) is 5. The van der Waals surface area contributed by atoms with Crippen LogP contribution in [-0.4, -0.2) is 40.8 Å². The molecule has 19 heavy (non-hydrogen) atoms. The topological polar surface area (TPSA) is 61.3 Å². The Kier molecular flexibility index (Phi) is 4.24. The second-order valence-corrected chi connectivity index (χ2v) is 5.51. The molecule has 106 valence electrons. The summed E-state index contributed by atoms with van der Waals surface area (Å²) in [6.45, 7) is 5.78. The van der Waals surface area contributed by atoms with Gasteiger partial charge in [-0.1, -0.05) is 13.3 Å². The van der Waals surface area contributed by atoms with E-state index in [2.05, 4.69) is 27.1 Å². The molecule has 0 saturated carbocycles. The fourth-order valence-electron chi connectivity index (χ4n) is 2.57. The Morgan fingerprint density at radius 3 is 2.63 bits per heavy atom. The van der Waals surface area contributed by atoms with Gasteiger partial charge in [-0.2, -0.15) is 0 Å². The maximum atomic E-state index is 10.0. The van der Waals surface area contributed by atoms with E-state index in [1.165, 1.54) is 5.56 Å². The molecule has 1 aromatic heterocycles. The van der Waals surface area contributed by atoms with Gasteiger partial charge in [0.2, 0.25) is 0 Å². The van der Waals surface area contributed by atoms with Gasteiger partial charge in [-0.25, -0.2) is 9.97 Å². The maximum absolute atomic E-state index is 10.0. The molecular formula is C14H24N4O. The Morgan fingerprint density at radius 1 is 1.37 bits per heavy atom. The Bertz CT molecular complexity index is 423. The van der Waals surface area contributed by atoms with Gasteiger partial charge < -0.3 is 15.3 Å². The average molecular weight is 264 g/mol. The van der Waals surface area contributed by atoms with Crippen LogP contribution >= 0.6 is 0 Å². The summed E-state index contributed by atoms with van der Waals surface area (Å²) >= 11 is 0. The molecule has 2 rings (SSSR count). The van der Waals surface area contributed by atoms with E-state index >= 15 is 0 Å². The zero-order valence-electron chi connectivity index (χ0n) is 12.1. The quantitative estimate of drug-likeness (QED) is 0.868. The van der Waals surface area contributed by atoms with Crippen molar-refractivity contribution in [2.75, 3.05) is 30.4 Å². The molecule has 0 bridgehead atoms. The first-order valence-corrected chi connectivity index (χ1v) is 7.06. The van der Waals surface area contributed by atoms with Gasteiger partial charge in [-0.05, 0) is 26.2 Å². The van der Waals surface area contributed by atoms with E-state index in [1.807, 2.05) is 14.0 Å². The van der Waals surface area contributed by atoms with Crippen LogP contribution in [-0.2, 0) is 6.42 Å². The molecule has 1 aliphatic rings. The lowest BCUT2D eigenvalue weighted by atomic mass is 9.93. The SMILES string of the molecule is CCCc1c(NC)ncnc1N1CCC(C)(O)CC1. The minimum absolute atomic E-state index is 0.527. The van der Waals surface area contributed by atoms with Crippen LogP contribution in [0.25, 0.3) is 0 Å². The third-order valence-electron chi connectivity index (χ3n) is 3.80. The number of nitrogens with zero attached hydrogens (tertiary/aromatic N) is 3. The zero-order valence-corrected chi connectivity index (χ0v) is 12.1. The predicted molar refractivity (Wildman–Crippen MR) is 77.6 cm³/mol. The highest BCUT2D eigenvalue weighted by Crippen LogP contribution is 2.29. The monoisotopic (exact) mass is 264 g/mol. The molecule has 1 saturated heterocycles. The van der Waals surface area contributed by atoms with Crippen LogP contribution < -0.4 is 10.2 Å². The summed E-state index contributed by atoms with van der Waals surface area (Å²) < 4.78 is 0. The van der Waals surface area contributed by atoms with Gasteiger partial charge in [0.1, 0.15) is 18.0 Å². The van der Waals surface area contributed by atoms with Gasteiger partial charge >= 0.3 is 0 Å². The van der Waals surface area contributed by atoms with Crippen LogP contribution in [0.5, 0.6) is 0 Å². The fourth-order valence-corrected chi connectivity index (χ4v) is 2.57. The molecule has 0 amide bonds. The minimum atomic E-state index is -0.527. The number of anilines is 2. The third kappa shape index (κ3) is 3.15. The number of rotatable bonds is 4. The van der Waals surface area contributed by atoms with Gasteiger partial charge in [0.15, 0.2) is 0 Å². The maximum Gasteiger partial charge on any atom is 0.137 e. The lowest BCUT2D eigenvalue weighted by molar-refractivity contribution is 0.0350. The molecule has 1 fully saturated rings. The zero-order chi connectivity index (χ0) is 13.9. The molecule has 0 unspecified atom stereocenters. The van der Waals surface area contributed by atoms with Crippen LogP contribution in [0.1, 0.15) is 38.7 Å². The van der Waals surface area contributed by atoms with Crippen molar-refractivity contribution in [3.8, 4) is 0 Å². The molecule has 0 aliphatic carbocycles. The van der Waals surface area contributed by atoms with E-state index in [4.69, 9.17) is 0 Å². The Hall–Kier alpha value is -1.36. The van der Waals surface area contributed by atoms with E-state index in [1.54, 1.807) is 6.33 Å². The number of piperidine rings is 1. The van der Waals surface area contributed by atoms with Crippen molar-refractivity contribution >= 4 is 11.6 Å². The first kappa shape index (κ1) is 14.1. The van der Waals surface area contributed by atoms with Gasteiger partial charge in [0, 0.05) is 25.7 Å². The summed E-state index contributed by atoms with van der Waals surface area (Å²) in [4.78, 5) is 11.0. The summed E-state index contributed by atoms with van der Waals surface area (Å²) in [7, 11) is 1.90. The van der Waals surface area contributed by atoms with E-state index < -0.39 is 5.60 Å². The third-order valence-corrected chi connectivity index (χ3v) is 3.80. The van der Waals surface area contributed by atoms with Gasteiger partial charge in [-0.15, -0.1) is 0 Å². The highest BCUT2D eigenvalue weighted by molar-refractivity contribution is 5.58. The molecule has 0 spiro atoms. The van der Waals surface area contributed by atoms with Gasteiger partial charge in [0.25, 0.3) is 0 Å². The number of aliphatic hydroxyl groups is 1. The van der Waals surface area contributed by atoms with Crippen molar-refractivity contribution in [2.24, 2.45) is 0 Å². The predicted octanol–water partition coefficient (Wildman–Crippen LogP) is 1.82. The molecular weight excluding hydrogens is 240 g/mol. The molecule has 0 atom stereocenters.